The third-order valence-corrected chi connectivity index (χ3v) is 11.4. The predicted octanol–water partition coefficient (Wildman–Crippen LogP) is 8.48. The van der Waals surface area contributed by atoms with Crippen molar-refractivity contribution in [2.45, 2.75) is 119 Å². The lowest BCUT2D eigenvalue weighted by Gasteiger charge is -2.61. The van der Waals surface area contributed by atoms with Gasteiger partial charge in [-0.2, -0.15) is 0 Å². The minimum atomic E-state index is 0.0611. The van der Waals surface area contributed by atoms with Crippen LogP contribution in [-0.4, -0.2) is 11.7 Å². The molecule has 0 aromatic heterocycles. The monoisotopic (exact) mass is 426 g/mol. The highest BCUT2D eigenvalue weighted by atomic mass is 16.3. The van der Waals surface area contributed by atoms with Gasteiger partial charge in [-0.1, -0.05) is 63.8 Å². The molecule has 1 nitrogen and oxygen atoms in total. The second-order valence-electron chi connectivity index (χ2n) is 13.4. The topological polar surface area (TPSA) is 20.2 Å². The van der Waals surface area contributed by atoms with Crippen molar-refractivity contribution < 1.29 is 5.11 Å². The third-order valence-electron chi connectivity index (χ3n) is 11.4. The Kier molecular flexibility index (Phi) is 6.11. The highest BCUT2D eigenvalue weighted by molar-refractivity contribution is 5.39. The summed E-state index contributed by atoms with van der Waals surface area (Å²) in [6.45, 7) is 17.6. The Balaban J connectivity index is 1.68. The van der Waals surface area contributed by atoms with Crippen molar-refractivity contribution in [3.63, 3.8) is 0 Å². The molecule has 0 saturated heterocycles. The van der Waals surface area contributed by atoms with Gasteiger partial charge in [-0.15, -0.1) is 0 Å². The summed E-state index contributed by atoms with van der Waals surface area (Å²) in [7, 11) is 0. The average Bonchev–Trinajstić information content (AvgIpc) is 3.00. The van der Waals surface area contributed by atoms with Crippen LogP contribution in [0.3, 0.4) is 0 Å². The maximum absolute atomic E-state index is 11.0. The molecule has 0 aromatic rings. The molecule has 0 heterocycles. The quantitative estimate of drug-likeness (QED) is 0.437. The van der Waals surface area contributed by atoms with Gasteiger partial charge in [-0.3, -0.25) is 0 Å². The second kappa shape index (κ2) is 8.03. The molecule has 2 saturated carbocycles. The maximum atomic E-state index is 11.0. The van der Waals surface area contributed by atoms with E-state index in [1.165, 1.54) is 76.2 Å². The number of aliphatic hydroxyl groups is 1. The van der Waals surface area contributed by atoms with E-state index in [2.05, 4.69) is 54.5 Å². The van der Waals surface area contributed by atoms with Gasteiger partial charge in [0.05, 0.1) is 6.61 Å². The summed E-state index contributed by atoms with van der Waals surface area (Å²) in [4.78, 5) is 0. The van der Waals surface area contributed by atoms with Crippen molar-refractivity contribution in [3.05, 3.63) is 22.8 Å². The van der Waals surface area contributed by atoms with Crippen LogP contribution in [0, 0.1) is 39.4 Å². The largest absolute Gasteiger partial charge is 0.395 e. The molecular weight excluding hydrogens is 376 g/mol. The van der Waals surface area contributed by atoms with E-state index in [-0.39, 0.29) is 10.8 Å². The van der Waals surface area contributed by atoms with Crippen LogP contribution < -0.4 is 0 Å². The minimum absolute atomic E-state index is 0.0611. The Labute approximate surface area is 193 Å². The molecule has 0 amide bonds. The molecule has 1 heteroatoms. The van der Waals surface area contributed by atoms with E-state index >= 15 is 0 Å². The fourth-order valence-corrected chi connectivity index (χ4v) is 9.71. The summed E-state index contributed by atoms with van der Waals surface area (Å²) in [5, 5.41) is 11.0. The van der Waals surface area contributed by atoms with Crippen LogP contribution >= 0.6 is 0 Å². The maximum Gasteiger partial charge on any atom is 0.0530 e. The fraction of sp³-hybridized carbons (Fsp3) is 0.867. The van der Waals surface area contributed by atoms with Gasteiger partial charge in [0.1, 0.15) is 0 Å². The van der Waals surface area contributed by atoms with Crippen LogP contribution in [0.2, 0.25) is 0 Å². The molecule has 4 aliphatic rings. The molecule has 0 aromatic carbocycles. The summed E-state index contributed by atoms with van der Waals surface area (Å²) >= 11 is 0. The molecule has 4 aliphatic carbocycles. The number of hydrogen-bond donors (Lipinski definition) is 1. The molecule has 0 aliphatic heterocycles. The molecule has 1 unspecified atom stereocenters. The van der Waals surface area contributed by atoms with Gasteiger partial charge < -0.3 is 5.11 Å². The van der Waals surface area contributed by atoms with Gasteiger partial charge in [-0.25, -0.2) is 0 Å². The first-order chi connectivity index (χ1) is 14.5. The van der Waals surface area contributed by atoms with Gasteiger partial charge in [0.2, 0.25) is 0 Å². The molecule has 0 bridgehead atoms. The predicted molar refractivity (Wildman–Crippen MR) is 133 cm³/mol. The van der Waals surface area contributed by atoms with Crippen molar-refractivity contribution >= 4 is 0 Å². The van der Waals surface area contributed by atoms with E-state index in [4.69, 9.17) is 0 Å². The molecule has 2 fully saturated rings. The van der Waals surface area contributed by atoms with Gasteiger partial charge in [0.25, 0.3) is 0 Å². The molecular formula is C30H50O. The van der Waals surface area contributed by atoms with Gasteiger partial charge in [-0.05, 0) is 112 Å². The minimum Gasteiger partial charge on any atom is -0.395 e. The normalized spacial score (nSPS) is 42.5. The second-order valence-corrected chi connectivity index (χ2v) is 13.4. The standard InChI is InChI=1S/C30H50O/c1-21(2)10-8-11-22(3)23-15-19-30(20-31)25-12-13-26-27(4,5)16-9-17-28(26,6)24(25)14-18-29(23,30)7/h10,22-23,26,31H,8-9,11-20H2,1-7H3/t22-,23-,26?,28-,29+,30-/m1/s1. The first kappa shape index (κ1) is 23.6. The summed E-state index contributed by atoms with van der Waals surface area (Å²) in [5.74, 6) is 2.33. The summed E-state index contributed by atoms with van der Waals surface area (Å²) in [5.41, 5.74) is 6.20. The molecule has 4 rings (SSSR count). The van der Waals surface area contributed by atoms with Crippen LogP contribution in [0.15, 0.2) is 22.8 Å². The van der Waals surface area contributed by atoms with Crippen molar-refractivity contribution in [3.8, 4) is 0 Å². The van der Waals surface area contributed by atoms with Crippen LogP contribution in [-0.2, 0) is 0 Å². The van der Waals surface area contributed by atoms with Gasteiger partial charge in [0, 0.05) is 5.41 Å². The fourth-order valence-electron chi connectivity index (χ4n) is 9.71. The Morgan fingerprint density at radius 1 is 1.00 bits per heavy atom. The zero-order chi connectivity index (χ0) is 22.7. The first-order valence-electron chi connectivity index (χ1n) is 13.5. The van der Waals surface area contributed by atoms with E-state index in [9.17, 15) is 5.11 Å². The Morgan fingerprint density at radius 3 is 2.42 bits per heavy atom. The van der Waals surface area contributed by atoms with Crippen LogP contribution in [0.5, 0.6) is 0 Å². The van der Waals surface area contributed by atoms with E-state index in [1.807, 2.05) is 5.57 Å². The molecule has 176 valence electrons. The number of aliphatic hydroxyl groups excluding tert-OH is 1. The van der Waals surface area contributed by atoms with Crippen LogP contribution in [0.4, 0.5) is 0 Å². The number of rotatable bonds is 5. The van der Waals surface area contributed by atoms with E-state index < -0.39 is 0 Å². The van der Waals surface area contributed by atoms with Crippen molar-refractivity contribution in [1.82, 2.24) is 0 Å². The lowest BCUT2D eigenvalue weighted by atomic mass is 9.43. The van der Waals surface area contributed by atoms with Gasteiger partial charge >= 0.3 is 0 Å². The van der Waals surface area contributed by atoms with E-state index in [0.29, 0.717) is 17.4 Å². The number of hydrogen-bond acceptors (Lipinski definition) is 1. The summed E-state index contributed by atoms with van der Waals surface area (Å²) in [6.07, 6.45) is 16.8. The third kappa shape index (κ3) is 3.43. The van der Waals surface area contributed by atoms with E-state index in [0.717, 1.165) is 17.8 Å². The lowest BCUT2D eigenvalue weighted by Crippen LogP contribution is -2.53. The molecule has 1 N–H and O–H groups in total. The summed E-state index contributed by atoms with van der Waals surface area (Å²) in [6, 6.07) is 0. The van der Waals surface area contributed by atoms with Crippen LogP contribution in [0.1, 0.15) is 119 Å². The highest BCUT2D eigenvalue weighted by Crippen LogP contribution is 2.72. The Morgan fingerprint density at radius 2 is 1.74 bits per heavy atom. The Bertz CT molecular complexity index is 752. The first-order valence-corrected chi connectivity index (χ1v) is 13.5. The smallest absolute Gasteiger partial charge is 0.0530 e. The molecule has 31 heavy (non-hydrogen) atoms. The van der Waals surface area contributed by atoms with Crippen molar-refractivity contribution in [2.75, 3.05) is 6.61 Å². The Hall–Kier alpha value is -0.560. The SMILES string of the molecule is CC(C)=CCC[C@@H](C)[C@H]1CC[C@@]2(CO)C3=C(CC[C@@]12C)[C@@]1(C)CCCC(C)(C)C1CC3. The molecule has 0 radical (unpaired) electrons. The molecule has 6 atom stereocenters. The average molecular weight is 427 g/mol. The number of allylic oxidation sites excluding steroid dienone is 3. The number of fused-ring (bicyclic) bond motifs is 4. The van der Waals surface area contributed by atoms with E-state index in [1.54, 1.807) is 5.57 Å². The summed E-state index contributed by atoms with van der Waals surface area (Å²) < 4.78 is 0. The highest BCUT2D eigenvalue weighted by Gasteiger charge is 2.64. The molecule has 0 spiro atoms. The zero-order valence-electron chi connectivity index (χ0n) is 21.7. The zero-order valence-corrected chi connectivity index (χ0v) is 21.7. The van der Waals surface area contributed by atoms with Crippen LogP contribution in [0.25, 0.3) is 0 Å². The lowest BCUT2D eigenvalue weighted by molar-refractivity contribution is -0.0424. The van der Waals surface area contributed by atoms with Crippen molar-refractivity contribution in [2.24, 2.45) is 39.4 Å². The van der Waals surface area contributed by atoms with Crippen molar-refractivity contribution in [1.29, 1.82) is 0 Å². The van der Waals surface area contributed by atoms with Gasteiger partial charge in [0.15, 0.2) is 0 Å².